The Hall–Kier alpha value is -2.28. The maximum atomic E-state index is 13.7. The molecule has 146 valence electrons. The van der Waals surface area contributed by atoms with Gasteiger partial charge in [-0.05, 0) is 50.4 Å². The molecule has 0 atom stereocenters. The Morgan fingerprint density at radius 3 is 2.85 bits per heavy atom. The van der Waals surface area contributed by atoms with Crippen molar-refractivity contribution < 1.29 is 13.7 Å². The van der Waals surface area contributed by atoms with E-state index in [1.54, 1.807) is 19.1 Å². The average Bonchev–Trinajstić information content (AvgIpc) is 3.16. The highest BCUT2D eigenvalue weighted by atomic mass is 19.1. The molecular formula is C20H27FN4O2. The largest absolute Gasteiger partial charge is 0.343 e. The Morgan fingerprint density at radius 1 is 1.37 bits per heavy atom. The number of carbonyl (C=O) groups excluding carboxylic acids is 1. The second-order valence-electron chi connectivity index (χ2n) is 7.11. The number of hydrogen-bond donors (Lipinski definition) is 1. The number of halogens is 1. The van der Waals surface area contributed by atoms with Gasteiger partial charge in [0.05, 0.1) is 0 Å². The number of nitrogens with one attached hydrogen (secondary N) is 1. The first-order valence-electron chi connectivity index (χ1n) is 9.64. The van der Waals surface area contributed by atoms with Gasteiger partial charge in [0.25, 0.3) is 0 Å². The lowest BCUT2D eigenvalue weighted by molar-refractivity contribution is -0.132. The molecule has 0 saturated carbocycles. The highest BCUT2D eigenvalue weighted by Gasteiger charge is 2.22. The molecule has 3 rings (SSSR count). The van der Waals surface area contributed by atoms with Gasteiger partial charge in [-0.2, -0.15) is 4.98 Å². The molecule has 0 aliphatic carbocycles. The summed E-state index contributed by atoms with van der Waals surface area (Å²) in [5.41, 5.74) is 1.14. The van der Waals surface area contributed by atoms with Crippen LogP contribution in [-0.2, 0) is 11.2 Å². The fourth-order valence-corrected chi connectivity index (χ4v) is 3.31. The number of rotatable bonds is 7. The van der Waals surface area contributed by atoms with Crippen LogP contribution < -0.4 is 5.32 Å². The van der Waals surface area contributed by atoms with Gasteiger partial charge in [-0.25, -0.2) is 4.39 Å². The predicted octanol–water partition coefficient (Wildman–Crippen LogP) is 2.96. The van der Waals surface area contributed by atoms with Crippen LogP contribution in [0.25, 0.3) is 11.4 Å². The molecule has 1 N–H and O–H groups in total. The predicted molar refractivity (Wildman–Crippen MR) is 101 cm³/mol. The first-order valence-corrected chi connectivity index (χ1v) is 9.64. The lowest BCUT2D eigenvalue weighted by atomic mass is 9.96. The number of hydrogen-bond acceptors (Lipinski definition) is 5. The van der Waals surface area contributed by atoms with E-state index < -0.39 is 0 Å². The second-order valence-corrected chi connectivity index (χ2v) is 7.11. The minimum Gasteiger partial charge on any atom is -0.343 e. The summed E-state index contributed by atoms with van der Waals surface area (Å²) in [6, 6.07) is 4.84. The molecule has 1 aliphatic heterocycles. The number of aromatic nitrogens is 2. The van der Waals surface area contributed by atoms with Crippen molar-refractivity contribution in [3.05, 3.63) is 35.5 Å². The van der Waals surface area contributed by atoms with Crippen LogP contribution >= 0.6 is 0 Å². The van der Waals surface area contributed by atoms with Crippen LogP contribution in [0.1, 0.15) is 37.6 Å². The third kappa shape index (κ3) is 5.13. The topological polar surface area (TPSA) is 71.3 Å². The quantitative estimate of drug-likeness (QED) is 0.807. The number of nitrogens with zero attached hydrogens (tertiary/aromatic N) is 3. The van der Waals surface area contributed by atoms with Crippen LogP contribution in [0.4, 0.5) is 4.39 Å². The summed E-state index contributed by atoms with van der Waals surface area (Å²) in [6.07, 6.45) is 2.84. The zero-order chi connectivity index (χ0) is 19.2. The van der Waals surface area contributed by atoms with E-state index in [-0.39, 0.29) is 11.7 Å². The molecule has 0 spiro atoms. The maximum absolute atomic E-state index is 13.7. The lowest BCUT2D eigenvalue weighted by Crippen LogP contribution is -2.40. The fourth-order valence-electron chi connectivity index (χ4n) is 3.31. The van der Waals surface area contributed by atoms with Crippen molar-refractivity contribution in [1.29, 1.82) is 0 Å². The number of aryl methyl sites for hydroxylation is 2. The average molecular weight is 374 g/mol. The van der Waals surface area contributed by atoms with Crippen LogP contribution in [0.15, 0.2) is 22.7 Å². The van der Waals surface area contributed by atoms with Crippen molar-refractivity contribution in [2.45, 2.75) is 39.5 Å². The van der Waals surface area contributed by atoms with E-state index in [9.17, 15) is 9.18 Å². The highest BCUT2D eigenvalue weighted by Crippen LogP contribution is 2.20. The molecular weight excluding hydrogens is 347 g/mol. The van der Waals surface area contributed by atoms with Crippen LogP contribution in [0.5, 0.6) is 0 Å². The van der Waals surface area contributed by atoms with Gasteiger partial charge in [0.15, 0.2) is 0 Å². The Morgan fingerprint density at radius 2 is 2.15 bits per heavy atom. The molecule has 6 nitrogen and oxygen atoms in total. The lowest BCUT2D eigenvalue weighted by Gasteiger charge is -2.32. The van der Waals surface area contributed by atoms with Gasteiger partial charge in [-0.1, -0.05) is 24.2 Å². The van der Waals surface area contributed by atoms with Gasteiger partial charge in [0.2, 0.25) is 17.6 Å². The third-order valence-electron chi connectivity index (χ3n) is 5.10. The Balaban J connectivity index is 1.48. The molecule has 0 bridgehead atoms. The Kier molecular flexibility index (Phi) is 6.55. The third-order valence-corrected chi connectivity index (χ3v) is 5.10. The summed E-state index contributed by atoms with van der Waals surface area (Å²) in [6.45, 7) is 7.45. The minimum atomic E-state index is -0.299. The molecule has 1 fully saturated rings. The first kappa shape index (κ1) is 19.5. The van der Waals surface area contributed by atoms with E-state index in [0.29, 0.717) is 41.6 Å². The molecule has 27 heavy (non-hydrogen) atoms. The van der Waals surface area contributed by atoms with Gasteiger partial charge in [-0.3, -0.25) is 4.79 Å². The summed E-state index contributed by atoms with van der Waals surface area (Å²) >= 11 is 0. The molecule has 2 aromatic rings. The normalized spacial score (nSPS) is 15.3. The molecule has 0 unspecified atom stereocenters. The summed E-state index contributed by atoms with van der Waals surface area (Å²) < 4.78 is 18.9. The van der Waals surface area contributed by atoms with Crippen molar-refractivity contribution in [3.63, 3.8) is 0 Å². The fraction of sp³-hybridized carbons (Fsp3) is 0.550. The van der Waals surface area contributed by atoms with E-state index in [1.807, 2.05) is 4.90 Å². The van der Waals surface area contributed by atoms with Crippen molar-refractivity contribution in [3.8, 4) is 11.4 Å². The molecule has 1 aliphatic rings. The van der Waals surface area contributed by atoms with Gasteiger partial charge in [0.1, 0.15) is 5.82 Å². The number of likely N-dealkylation sites (tertiary alicyclic amines) is 1. The summed E-state index contributed by atoms with van der Waals surface area (Å²) in [5, 5.41) is 7.28. The molecule has 2 heterocycles. The van der Waals surface area contributed by atoms with Crippen molar-refractivity contribution >= 4 is 5.91 Å². The number of amides is 1. The smallest absolute Gasteiger partial charge is 0.227 e. The van der Waals surface area contributed by atoms with E-state index in [0.717, 1.165) is 39.0 Å². The zero-order valence-electron chi connectivity index (χ0n) is 16.0. The van der Waals surface area contributed by atoms with Crippen LogP contribution in [0, 0.1) is 18.7 Å². The summed E-state index contributed by atoms with van der Waals surface area (Å²) in [7, 11) is 0. The Labute approximate surface area is 159 Å². The summed E-state index contributed by atoms with van der Waals surface area (Å²) in [5.74, 6) is 1.23. The van der Waals surface area contributed by atoms with E-state index in [4.69, 9.17) is 4.52 Å². The first-order chi connectivity index (χ1) is 13.1. The second kappa shape index (κ2) is 9.08. The molecule has 1 saturated heterocycles. The zero-order valence-corrected chi connectivity index (χ0v) is 16.0. The van der Waals surface area contributed by atoms with Gasteiger partial charge < -0.3 is 14.7 Å². The molecule has 7 heteroatoms. The maximum Gasteiger partial charge on any atom is 0.227 e. The van der Waals surface area contributed by atoms with Gasteiger partial charge in [0, 0.05) is 31.5 Å². The van der Waals surface area contributed by atoms with Crippen molar-refractivity contribution in [1.82, 2.24) is 20.4 Å². The van der Waals surface area contributed by atoms with Gasteiger partial charge in [-0.15, -0.1) is 0 Å². The monoisotopic (exact) mass is 374 g/mol. The van der Waals surface area contributed by atoms with Crippen LogP contribution in [0.2, 0.25) is 0 Å². The number of carbonyl (C=O) groups is 1. The van der Waals surface area contributed by atoms with Crippen LogP contribution in [-0.4, -0.2) is 47.1 Å². The summed E-state index contributed by atoms with van der Waals surface area (Å²) in [4.78, 5) is 18.6. The Bertz CT molecular complexity index is 769. The van der Waals surface area contributed by atoms with Crippen LogP contribution in [0.3, 0.4) is 0 Å². The van der Waals surface area contributed by atoms with E-state index in [2.05, 4.69) is 22.4 Å². The molecule has 1 aromatic heterocycles. The molecule has 1 aromatic carbocycles. The number of benzene rings is 1. The van der Waals surface area contributed by atoms with E-state index in [1.165, 1.54) is 6.07 Å². The standard InChI is InChI=1S/C20H27FN4O2/c1-3-22-13-15-8-10-25(11-9-15)19(26)7-6-18-23-20(24-27-18)16-5-4-14(2)17(21)12-16/h4-5,12,15,22H,3,6-11,13H2,1-2H3. The minimum absolute atomic E-state index is 0.123. The number of piperidine rings is 1. The highest BCUT2D eigenvalue weighted by molar-refractivity contribution is 5.76. The van der Waals surface area contributed by atoms with Gasteiger partial charge >= 0.3 is 0 Å². The molecule has 1 amide bonds. The van der Waals surface area contributed by atoms with Crippen molar-refractivity contribution in [2.24, 2.45) is 5.92 Å². The van der Waals surface area contributed by atoms with Crippen molar-refractivity contribution in [2.75, 3.05) is 26.2 Å². The SMILES string of the molecule is CCNCC1CCN(C(=O)CCc2nc(-c3ccc(C)c(F)c3)no2)CC1. The molecule has 0 radical (unpaired) electrons. The van der Waals surface area contributed by atoms with E-state index >= 15 is 0 Å².